The summed E-state index contributed by atoms with van der Waals surface area (Å²) < 4.78 is 0. The van der Waals surface area contributed by atoms with Crippen LogP contribution in [-0.4, -0.2) is 27.2 Å². The Morgan fingerprint density at radius 1 is 1.16 bits per heavy atom. The molecule has 0 unspecified atom stereocenters. The number of hydrogen-bond acceptors (Lipinski definition) is 4. The van der Waals surface area contributed by atoms with Gasteiger partial charge in [0.2, 0.25) is 0 Å². The summed E-state index contributed by atoms with van der Waals surface area (Å²) in [5.41, 5.74) is 0.725. The van der Waals surface area contributed by atoms with E-state index in [1.54, 1.807) is 0 Å². The van der Waals surface area contributed by atoms with E-state index in [0.717, 1.165) is 43.0 Å². The highest BCUT2D eigenvalue weighted by Gasteiger charge is 2.36. The predicted octanol–water partition coefficient (Wildman–Crippen LogP) is 2.84. The highest BCUT2D eigenvalue weighted by molar-refractivity contribution is 5.36. The second-order valence-corrected chi connectivity index (χ2v) is 6.68. The first-order valence-electron chi connectivity index (χ1n) is 7.07. The molecule has 0 amide bonds. The molecule has 1 aromatic rings. The number of hydrogen-bond donors (Lipinski definition) is 2. The largest absolute Gasteiger partial charge is 0.388 e. The Balaban J connectivity index is 1.95. The first-order valence-corrected chi connectivity index (χ1v) is 7.07. The van der Waals surface area contributed by atoms with Gasteiger partial charge >= 0.3 is 0 Å². The Morgan fingerprint density at radius 2 is 1.79 bits per heavy atom. The molecule has 0 atom stereocenters. The van der Waals surface area contributed by atoms with Crippen molar-refractivity contribution in [3.05, 3.63) is 17.6 Å². The van der Waals surface area contributed by atoms with Crippen LogP contribution in [0.1, 0.15) is 51.0 Å². The average Bonchev–Trinajstić information content (AvgIpc) is 2.30. The van der Waals surface area contributed by atoms with Gasteiger partial charge in [0.15, 0.2) is 0 Å². The molecule has 2 N–H and O–H groups in total. The molecular weight excluding hydrogens is 238 g/mol. The second-order valence-electron chi connectivity index (χ2n) is 6.68. The number of nitrogens with one attached hydrogen (secondary N) is 1. The van der Waals surface area contributed by atoms with E-state index in [9.17, 15) is 5.11 Å². The van der Waals surface area contributed by atoms with Crippen molar-refractivity contribution in [3.63, 3.8) is 0 Å². The van der Waals surface area contributed by atoms with E-state index in [2.05, 4.69) is 29.1 Å². The standard InChI is InChI=1S/C15H25N3O/c1-11-9-13(18-12(2)17-11)16-10-15(19)7-5-14(3,4)6-8-15/h9,19H,5-8,10H2,1-4H3,(H,16,17,18). The third kappa shape index (κ3) is 3.90. The second kappa shape index (κ2) is 5.08. The Hall–Kier alpha value is -1.16. The molecule has 1 aliphatic carbocycles. The quantitative estimate of drug-likeness (QED) is 0.880. The third-order valence-electron chi connectivity index (χ3n) is 4.10. The van der Waals surface area contributed by atoms with Crippen LogP contribution >= 0.6 is 0 Å². The van der Waals surface area contributed by atoms with Crippen molar-refractivity contribution in [3.8, 4) is 0 Å². The number of rotatable bonds is 3. The van der Waals surface area contributed by atoms with Crippen molar-refractivity contribution in [1.29, 1.82) is 0 Å². The monoisotopic (exact) mass is 263 g/mol. The van der Waals surface area contributed by atoms with E-state index in [0.29, 0.717) is 12.0 Å². The van der Waals surface area contributed by atoms with Crippen molar-refractivity contribution >= 4 is 5.82 Å². The molecule has 106 valence electrons. The van der Waals surface area contributed by atoms with Gasteiger partial charge in [-0.1, -0.05) is 13.8 Å². The molecule has 4 heteroatoms. The number of aliphatic hydroxyl groups is 1. The summed E-state index contributed by atoms with van der Waals surface area (Å²) in [5, 5.41) is 13.9. The molecule has 4 nitrogen and oxygen atoms in total. The molecule has 1 fully saturated rings. The van der Waals surface area contributed by atoms with Crippen LogP contribution in [0.3, 0.4) is 0 Å². The molecule has 1 saturated carbocycles. The maximum absolute atomic E-state index is 10.6. The summed E-state index contributed by atoms with van der Waals surface area (Å²) in [7, 11) is 0. The fourth-order valence-electron chi connectivity index (χ4n) is 2.63. The van der Waals surface area contributed by atoms with Crippen molar-refractivity contribution in [2.45, 2.75) is 59.0 Å². The van der Waals surface area contributed by atoms with Crippen LogP contribution in [-0.2, 0) is 0 Å². The Kier molecular flexibility index (Phi) is 3.81. The van der Waals surface area contributed by atoms with Gasteiger partial charge in [0, 0.05) is 18.3 Å². The molecule has 0 spiro atoms. The van der Waals surface area contributed by atoms with Crippen molar-refractivity contribution in [2.24, 2.45) is 5.41 Å². The Morgan fingerprint density at radius 3 is 2.37 bits per heavy atom. The zero-order valence-corrected chi connectivity index (χ0v) is 12.5. The lowest BCUT2D eigenvalue weighted by molar-refractivity contribution is -0.0145. The van der Waals surface area contributed by atoms with E-state index in [1.165, 1.54) is 0 Å². The van der Waals surface area contributed by atoms with Gasteiger partial charge in [0.25, 0.3) is 0 Å². The number of aryl methyl sites for hydroxylation is 2. The smallest absolute Gasteiger partial charge is 0.130 e. The molecule has 19 heavy (non-hydrogen) atoms. The summed E-state index contributed by atoms with van der Waals surface area (Å²) in [6.45, 7) is 8.96. The summed E-state index contributed by atoms with van der Waals surface area (Å²) in [4.78, 5) is 8.60. The van der Waals surface area contributed by atoms with Gasteiger partial charge in [-0.3, -0.25) is 0 Å². The van der Waals surface area contributed by atoms with Gasteiger partial charge in [0.1, 0.15) is 11.6 Å². The summed E-state index contributed by atoms with van der Waals surface area (Å²) in [6.07, 6.45) is 3.87. The Bertz CT molecular complexity index is 426. The molecule has 1 aromatic heterocycles. The summed E-state index contributed by atoms with van der Waals surface area (Å²) >= 11 is 0. The first kappa shape index (κ1) is 14.3. The van der Waals surface area contributed by atoms with E-state index in [-0.39, 0.29) is 0 Å². The van der Waals surface area contributed by atoms with Gasteiger partial charge in [-0.2, -0.15) is 0 Å². The van der Waals surface area contributed by atoms with Gasteiger partial charge in [-0.25, -0.2) is 9.97 Å². The van der Waals surface area contributed by atoms with Crippen LogP contribution in [0.5, 0.6) is 0 Å². The minimum absolute atomic E-state index is 0.369. The van der Waals surface area contributed by atoms with Crippen molar-refractivity contribution < 1.29 is 5.11 Å². The van der Waals surface area contributed by atoms with Crippen molar-refractivity contribution in [2.75, 3.05) is 11.9 Å². The zero-order valence-electron chi connectivity index (χ0n) is 12.5. The lowest BCUT2D eigenvalue weighted by atomic mass is 9.71. The average molecular weight is 263 g/mol. The van der Waals surface area contributed by atoms with E-state index in [4.69, 9.17) is 0 Å². The third-order valence-corrected chi connectivity index (χ3v) is 4.10. The van der Waals surface area contributed by atoms with Crippen LogP contribution < -0.4 is 5.32 Å². The van der Waals surface area contributed by atoms with Crippen LogP contribution in [0.2, 0.25) is 0 Å². The SMILES string of the molecule is Cc1cc(NCC2(O)CCC(C)(C)CC2)nc(C)n1. The molecule has 0 radical (unpaired) electrons. The Labute approximate surface area is 115 Å². The number of nitrogens with zero attached hydrogens (tertiary/aromatic N) is 2. The van der Waals surface area contributed by atoms with Crippen LogP contribution in [0.25, 0.3) is 0 Å². The van der Waals surface area contributed by atoms with Crippen LogP contribution in [0, 0.1) is 19.3 Å². The van der Waals surface area contributed by atoms with Crippen LogP contribution in [0.15, 0.2) is 6.07 Å². The molecule has 2 rings (SSSR count). The maximum atomic E-state index is 10.6. The molecule has 1 heterocycles. The minimum atomic E-state index is -0.595. The summed E-state index contributed by atoms with van der Waals surface area (Å²) in [5.74, 6) is 1.57. The topological polar surface area (TPSA) is 58.0 Å². The van der Waals surface area contributed by atoms with Gasteiger partial charge in [-0.05, 0) is 44.9 Å². The van der Waals surface area contributed by atoms with Gasteiger partial charge in [-0.15, -0.1) is 0 Å². The van der Waals surface area contributed by atoms with E-state index < -0.39 is 5.60 Å². The van der Waals surface area contributed by atoms with E-state index >= 15 is 0 Å². The summed E-state index contributed by atoms with van der Waals surface area (Å²) in [6, 6.07) is 1.92. The molecule has 0 aromatic carbocycles. The highest BCUT2D eigenvalue weighted by atomic mass is 16.3. The molecule has 1 aliphatic rings. The predicted molar refractivity (Wildman–Crippen MR) is 77.2 cm³/mol. The van der Waals surface area contributed by atoms with Gasteiger partial charge in [0.05, 0.1) is 5.60 Å². The molecule has 0 bridgehead atoms. The van der Waals surface area contributed by atoms with Gasteiger partial charge < -0.3 is 10.4 Å². The lowest BCUT2D eigenvalue weighted by Gasteiger charge is -2.40. The maximum Gasteiger partial charge on any atom is 0.130 e. The fourth-order valence-corrected chi connectivity index (χ4v) is 2.63. The molecule has 0 saturated heterocycles. The van der Waals surface area contributed by atoms with E-state index in [1.807, 2.05) is 19.9 Å². The normalized spacial score (nSPS) is 21.1. The van der Waals surface area contributed by atoms with Crippen molar-refractivity contribution in [1.82, 2.24) is 9.97 Å². The molecule has 0 aliphatic heterocycles. The van der Waals surface area contributed by atoms with Crippen LogP contribution in [0.4, 0.5) is 5.82 Å². The fraction of sp³-hybridized carbons (Fsp3) is 0.733. The molecular formula is C15H25N3O. The number of aromatic nitrogens is 2. The lowest BCUT2D eigenvalue weighted by Crippen LogP contribution is -2.42. The minimum Gasteiger partial charge on any atom is -0.388 e. The highest BCUT2D eigenvalue weighted by Crippen LogP contribution is 2.40. The number of anilines is 1. The zero-order chi connectivity index (χ0) is 14.1. The first-order chi connectivity index (χ1) is 8.78.